The highest BCUT2D eigenvalue weighted by Gasteiger charge is 2.46. The largest absolute Gasteiger partial charge is 0.490 e. The minimum atomic E-state index is -1.28. The van der Waals surface area contributed by atoms with Crippen molar-refractivity contribution in [3.05, 3.63) is 136 Å². The third-order valence-corrected chi connectivity index (χ3v) is 13.6. The molecule has 2 aliphatic carbocycles. The molecule has 1 saturated heterocycles. The Morgan fingerprint density at radius 1 is 0.810 bits per heavy atom. The van der Waals surface area contributed by atoms with Crippen LogP contribution in [0.5, 0.6) is 5.75 Å². The number of rotatable bonds is 13. The molecule has 300 valence electrons. The average Bonchev–Trinajstić information content (AvgIpc) is 3.72. The molecule has 0 aromatic heterocycles. The molecule has 3 aliphatic heterocycles. The number of carbonyl (C=O) groups excluding carboxylic acids is 4. The molecule has 4 aromatic rings. The zero-order valence-corrected chi connectivity index (χ0v) is 33.3. The number of piperidine rings is 1. The molecule has 0 radical (unpaired) electrons. The van der Waals surface area contributed by atoms with E-state index in [0.29, 0.717) is 49.0 Å². The van der Waals surface area contributed by atoms with Gasteiger partial charge in [0.25, 0.3) is 11.8 Å². The average molecular weight is 780 g/mol. The first kappa shape index (κ1) is 38.4. The van der Waals surface area contributed by atoms with E-state index in [2.05, 4.69) is 96.0 Å². The zero-order chi connectivity index (χ0) is 40.0. The van der Waals surface area contributed by atoms with Gasteiger partial charge in [-0.15, -0.1) is 0 Å². The molecule has 0 bridgehead atoms. The van der Waals surface area contributed by atoms with Gasteiger partial charge in [0.2, 0.25) is 5.91 Å². The second kappa shape index (κ2) is 15.9. The van der Waals surface area contributed by atoms with Crippen molar-refractivity contribution < 1.29 is 29.0 Å². The van der Waals surface area contributed by atoms with Crippen LogP contribution in [0.2, 0.25) is 0 Å². The number of hydrogen-bond donors (Lipinski definition) is 2. The Hall–Kier alpha value is -5.12. The second-order valence-electron chi connectivity index (χ2n) is 17.5. The van der Waals surface area contributed by atoms with E-state index in [-0.39, 0.29) is 36.1 Å². The number of aliphatic hydroxyl groups excluding tert-OH is 1. The van der Waals surface area contributed by atoms with Crippen LogP contribution in [0.4, 0.5) is 0 Å². The van der Waals surface area contributed by atoms with Gasteiger partial charge in [-0.05, 0) is 120 Å². The van der Waals surface area contributed by atoms with Crippen LogP contribution in [0.1, 0.15) is 137 Å². The molecular weight excluding hydrogens is 727 g/mol. The molecule has 5 aliphatic rings. The lowest BCUT2D eigenvalue weighted by Crippen LogP contribution is -2.57. The maximum absolute atomic E-state index is 13.3. The van der Waals surface area contributed by atoms with Crippen LogP contribution in [0.15, 0.2) is 91.0 Å². The summed E-state index contributed by atoms with van der Waals surface area (Å²) in [7, 11) is 0. The van der Waals surface area contributed by atoms with E-state index in [0.717, 1.165) is 73.1 Å². The van der Waals surface area contributed by atoms with Crippen molar-refractivity contribution in [3.8, 4) is 5.75 Å². The summed E-state index contributed by atoms with van der Waals surface area (Å²) < 4.78 is 6.57. The van der Waals surface area contributed by atoms with E-state index in [9.17, 15) is 24.3 Å². The molecule has 9 nitrogen and oxygen atoms in total. The van der Waals surface area contributed by atoms with Gasteiger partial charge < -0.3 is 15.2 Å². The highest BCUT2D eigenvalue weighted by molar-refractivity contribution is 6.22. The summed E-state index contributed by atoms with van der Waals surface area (Å²) in [6.07, 6.45) is 8.18. The lowest BCUT2D eigenvalue weighted by Gasteiger charge is -2.48. The molecule has 9 rings (SSSR count). The smallest absolute Gasteiger partial charge is 0.261 e. The number of Topliss-reactive ketones (excluding diaryl/α,β-unsaturated/α-hetero) is 1. The molecule has 9 heteroatoms. The third kappa shape index (κ3) is 7.39. The number of benzene rings is 4. The summed E-state index contributed by atoms with van der Waals surface area (Å²) in [6, 6.07) is 31.5. The van der Waals surface area contributed by atoms with Crippen LogP contribution in [0.25, 0.3) is 0 Å². The molecular formula is C49H53N3O6. The Balaban J connectivity index is 0.761. The van der Waals surface area contributed by atoms with Gasteiger partial charge in [-0.3, -0.25) is 29.0 Å². The molecule has 1 saturated carbocycles. The quantitative estimate of drug-likeness (QED) is 0.133. The number of nitrogens with zero attached hydrogens (tertiary/aromatic N) is 2. The van der Waals surface area contributed by atoms with Gasteiger partial charge in [-0.1, -0.05) is 80.1 Å². The van der Waals surface area contributed by atoms with Gasteiger partial charge in [0.05, 0.1) is 29.8 Å². The number of fused-ring (bicyclic) bond motifs is 3. The first-order valence-corrected chi connectivity index (χ1v) is 21.3. The molecule has 4 aromatic carbocycles. The Labute approximate surface area is 340 Å². The predicted octanol–water partition coefficient (Wildman–Crippen LogP) is 7.82. The lowest BCUT2D eigenvalue weighted by atomic mass is 9.61. The maximum atomic E-state index is 13.3. The molecule has 3 amide bonds. The number of carbonyl (C=O) groups is 4. The number of aliphatic hydroxyl groups is 1. The minimum absolute atomic E-state index is 0.145. The molecule has 4 atom stereocenters. The van der Waals surface area contributed by atoms with Crippen molar-refractivity contribution in [2.24, 2.45) is 5.41 Å². The van der Waals surface area contributed by atoms with E-state index in [1.54, 1.807) is 12.1 Å². The zero-order valence-electron chi connectivity index (χ0n) is 33.3. The van der Waals surface area contributed by atoms with E-state index < -0.39 is 24.1 Å². The summed E-state index contributed by atoms with van der Waals surface area (Å²) in [6.45, 7) is 3.66. The summed E-state index contributed by atoms with van der Waals surface area (Å²) >= 11 is 0. The number of aryl methyl sites for hydroxylation is 1. The monoisotopic (exact) mass is 779 g/mol. The molecule has 0 spiro atoms. The molecule has 2 fully saturated rings. The van der Waals surface area contributed by atoms with Crippen LogP contribution >= 0.6 is 0 Å². The normalized spacial score (nSPS) is 26.4. The molecule has 58 heavy (non-hydrogen) atoms. The van der Waals surface area contributed by atoms with Crippen molar-refractivity contribution in [2.75, 3.05) is 6.54 Å². The van der Waals surface area contributed by atoms with Crippen molar-refractivity contribution in [1.82, 2.24) is 15.1 Å². The highest BCUT2D eigenvalue weighted by Crippen LogP contribution is 2.51. The first-order valence-electron chi connectivity index (χ1n) is 21.3. The minimum Gasteiger partial charge on any atom is -0.490 e. The summed E-state index contributed by atoms with van der Waals surface area (Å²) in [5.41, 5.74) is 8.37. The predicted molar refractivity (Wildman–Crippen MR) is 220 cm³/mol. The number of ketones is 1. The van der Waals surface area contributed by atoms with Gasteiger partial charge in [-0.2, -0.15) is 0 Å². The van der Waals surface area contributed by atoms with E-state index in [4.69, 9.17) is 4.74 Å². The fraction of sp³-hybridized carbons (Fsp3) is 0.429. The SMILES string of the molecule is CCCC1(CCCC(=O)CN2Cc3cc4c(cc3C2)C(=O)N(C2CCC(=O)NC2O)C4=O)CC(Oc2ccc([C@@H]3c4ccccc4CC[C@@H]3c3ccccc3)cc2)C1. The van der Waals surface area contributed by atoms with E-state index >= 15 is 0 Å². The number of hydrogen-bond acceptors (Lipinski definition) is 7. The van der Waals surface area contributed by atoms with Gasteiger partial charge in [0.1, 0.15) is 17.8 Å². The van der Waals surface area contributed by atoms with Crippen molar-refractivity contribution >= 4 is 23.5 Å². The van der Waals surface area contributed by atoms with Crippen LogP contribution in [-0.2, 0) is 29.1 Å². The van der Waals surface area contributed by atoms with Crippen molar-refractivity contribution in [2.45, 2.75) is 121 Å². The lowest BCUT2D eigenvalue weighted by molar-refractivity contribution is -0.129. The highest BCUT2D eigenvalue weighted by atomic mass is 16.5. The number of nitrogens with one attached hydrogen (secondary N) is 1. The van der Waals surface area contributed by atoms with E-state index in [1.165, 1.54) is 22.3 Å². The van der Waals surface area contributed by atoms with Crippen LogP contribution in [-0.4, -0.2) is 63.3 Å². The Kier molecular flexibility index (Phi) is 10.5. The molecule has 2 unspecified atom stereocenters. The van der Waals surface area contributed by atoms with Gasteiger partial charge in [0.15, 0.2) is 0 Å². The van der Waals surface area contributed by atoms with Crippen LogP contribution < -0.4 is 10.1 Å². The fourth-order valence-corrected chi connectivity index (χ4v) is 10.9. The number of imide groups is 1. The Bertz CT molecular complexity index is 2170. The standard InChI is InChI=1S/C49H53N3O6/c1-2-22-49(26-38(27-49)58-37-17-14-33(15-18-37)45-39-13-7-6-11-32(39)16-19-40(45)31-9-4-3-5-10-31)23-8-12-36(53)30-51-28-34-24-41-42(25-35(34)29-51)48(57)52(47(41)56)43-20-21-44(54)50-46(43)55/h3-7,9-11,13-15,17-18,24-25,38,40,43,45-46,55H,2,8,12,16,19-23,26-30H2,1H3,(H,50,54)/t38?,40-,43?,45-,46?,49?/m1/s1. The maximum Gasteiger partial charge on any atom is 0.261 e. The van der Waals surface area contributed by atoms with Gasteiger partial charge >= 0.3 is 0 Å². The summed E-state index contributed by atoms with van der Waals surface area (Å²) in [4.78, 5) is 54.8. The topological polar surface area (TPSA) is 116 Å². The first-order chi connectivity index (χ1) is 28.2. The number of ether oxygens (including phenoxy) is 1. The fourth-order valence-electron chi connectivity index (χ4n) is 10.9. The van der Waals surface area contributed by atoms with Crippen LogP contribution in [0.3, 0.4) is 0 Å². The van der Waals surface area contributed by atoms with Gasteiger partial charge in [0, 0.05) is 31.8 Å². The van der Waals surface area contributed by atoms with Crippen LogP contribution in [0, 0.1) is 5.41 Å². The molecule has 3 heterocycles. The Morgan fingerprint density at radius 2 is 1.50 bits per heavy atom. The van der Waals surface area contributed by atoms with E-state index in [1.807, 2.05) is 0 Å². The Morgan fingerprint density at radius 3 is 2.19 bits per heavy atom. The third-order valence-electron chi connectivity index (χ3n) is 13.6. The van der Waals surface area contributed by atoms with Gasteiger partial charge in [-0.25, -0.2) is 0 Å². The van der Waals surface area contributed by atoms with Crippen molar-refractivity contribution in [1.29, 1.82) is 0 Å². The van der Waals surface area contributed by atoms with Crippen molar-refractivity contribution in [3.63, 3.8) is 0 Å². The summed E-state index contributed by atoms with van der Waals surface area (Å²) in [5.74, 6) is 0.692. The summed E-state index contributed by atoms with van der Waals surface area (Å²) in [5, 5.41) is 12.8. The number of amides is 3. The second-order valence-corrected chi connectivity index (χ2v) is 17.5. The molecule has 2 N–H and O–H groups in total.